The summed E-state index contributed by atoms with van der Waals surface area (Å²) in [5.41, 5.74) is 1.80. The van der Waals surface area contributed by atoms with Crippen LogP contribution in [0.3, 0.4) is 0 Å². The Labute approximate surface area is 112 Å². The minimum Gasteiger partial charge on any atom is -0.469 e. The molecular weight excluding hydrogens is 248 g/mol. The predicted molar refractivity (Wildman–Crippen MR) is 68.6 cm³/mol. The summed E-state index contributed by atoms with van der Waals surface area (Å²) in [6, 6.07) is 0. The second kappa shape index (κ2) is 6.92. The van der Waals surface area contributed by atoms with Gasteiger partial charge in [-0.25, -0.2) is 0 Å². The number of methoxy groups -OCH3 is 1. The summed E-state index contributed by atoms with van der Waals surface area (Å²) >= 11 is 0. The van der Waals surface area contributed by atoms with Crippen molar-refractivity contribution >= 4 is 11.9 Å². The van der Waals surface area contributed by atoms with E-state index < -0.39 is 0 Å². The van der Waals surface area contributed by atoms with Gasteiger partial charge < -0.3 is 14.2 Å². The quantitative estimate of drug-likeness (QED) is 0.726. The summed E-state index contributed by atoms with van der Waals surface area (Å²) in [5, 5.41) is 3.85. The Morgan fingerprint density at radius 2 is 2.00 bits per heavy atom. The molecule has 1 aromatic heterocycles. The number of hydrogen-bond acceptors (Lipinski definition) is 5. The lowest BCUT2D eigenvalue weighted by molar-refractivity contribution is -0.141. The van der Waals surface area contributed by atoms with E-state index in [0.717, 1.165) is 17.0 Å². The number of aryl methyl sites for hydroxylation is 2. The van der Waals surface area contributed by atoms with Crippen LogP contribution in [0.15, 0.2) is 4.52 Å². The topological polar surface area (TPSA) is 72.6 Å². The van der Waals surface area contributed by atoms with Crippen LogP contribution in [0.1, 0.15) is 29.9 Å². The fraction of sp³-hybridized carbons (Fsp3) is 0.615. The Morgan fingerprint density at radius 3 is 2.53 bits per heavy atom. The molecule has 0 spiro atoms. The fourth-order valence-corrected chi connectivity index (χ4v) is 1.77. The van der Waals surface area contributed by atoms with Gasteiger partial charge in [-0.05, 0) is 20.3 Å². The molecular formula is C13H20N2O4. The van der Waals surface area contributed by atoms with E-state index in [1.807, 2.05) is 13.8 Å². The number of ether oxygens (including phenoxy) is 1. The highest BCUT2D eigenvalue weighted by Gasteiger charge is 2.14. The molecule has 0 N–H and O–H groups in total. The van der Waals surface area contributed by atoms with E-state index in [2.05, 4.69) is 9.89 Å². The zero-order valence-electron chi connectivity index (χ0n) is 11.9. The lowest BCUT2D eigenvalue weighted by Gasteiger charge is -2.16. The molecule has 106 valence electrons. The Morgan fingerprint density at radius 1 is 1.32 bits per heavy atom. The third-order valence-electron chi connectivity index (χ3n) is 3.07. The average molecular weight is 268 g/mol. The van der Waals surface area contributed by atoms with Crippen molar-refractivity contribution in [2.75, 3.05) is 20.7 Å². The van der Waals surface area contributed by atoms with Gasteiger partial charge in [-0.15, -0.1) is 0 Å². The SMILES string of the molecule is COC(=O)CCN(C)C(=O)CCc1c(C)noc1C. The first-order chi connectivity index (χ1) is 8.95. The summed E-state index contributed by atoms with van der Waals surface area (Å²) < 4.78 is 9.58. The van der Waals surface area contributed by atoms with Gasteiger partial charge in [0.2, 0.25) is 5.91 Å². The first-order valence-corrected chi connectivity index (χ1v) is 6.18. The van der Waals surface area contributed by atoms with Crippen molar-refractivity contribution in [3.8, 4) is 0 Å². The van der Waals surface area contributed by atoms with Crippen molar-refractivity contribution in [1.29, 1.82) is 0 Å². The van der Waals surface area contributed by atoms with Crippen LogP contribution in [-0.2, 0) is 20.7 Å². The molecule has 0 radical (unpaired) electrons. The number of carbonyl (C=O) groups is 2. The number of hydrogen-bond donors (Lipinski definition) is 0. The minimum atomic E-state index is -0.314. The van der Waals surface area contributed by atoms with Crippen molar-refractivity contribution in [2.24, 2.45) is 0 Å². The average Bonchev–Trinajstić information content (AvgIpc) is 2.72. The summed E-state index contributed by atoms with van der Waals surface area (Å²) in [6.07, 6.45) is 1.19. The van der Waals surface area contributed by atoms with E-state index in [1.165, 1.54) is 12.0 Å². The molecule has 0 saturated carbocycles. The van der Waals surface area contributed by atoms with Crippen LogP contribution in [0.5, 0.6) is 0 Å². The summed E-state index contributed by atoms with van der Waals surface area (Å²) in [6.45, 7) is 4.06. The molecule has 19 heavy (non-hydrogen) atoms. The maximum Gasteiger partial charge on any atom is 0.307 e. The molecule has 0 fully saturated rings. The van der Waals surface area contributed by atoms with E-state index in [0.29, 0.717) is 19.4 Å². The van der Waals surface area contributed by atoms with Gasteiger partial charge in [0.1, 0.15) is 5.76 Å². The van der Waals surface area contributed by atoms with E-state index in [4.69, 9.17) is 4.52 Å². The number of carbonyl (C=O) groups excluding carboxylic acids is 2. The molecule has 0 saturated heterocycles. The maximum atomic E-state index is 11.9. The van der Waals surface area contributed by atoms with Gasteiger partial charge in [0.05, 0.1) is 19.2 Å². The molecule has 1 rings (SSSR count). The molecule has 0 aromatic carbocycles. The second-order valence-corrected chi connectivity index (χ2v) is 4.44. The normalized spacial score (nSPS) is 10.3. The smallest absolute Gasteiger partial charge is 0.307 e. The molecule has 6 heteroatoms. The van der Waals surface area contributed by atoms with E-state index >= 15 is 0 Å². The van der Waals surface area contributed by atoms with E-state index in [-0.39, 0.29) is 18.3 Å². The summed E-state index contributed by atoms with van der Waals surface area (Å²) in [4.78, 5) is 24.4. The number of amides is 1. The maximum absolute atomic E-state index is 11.9. The van der Waals surface area contributed by atoms with E-state index in [1.54, 1.807) is 7.05 Å². The van der Waals surface area contributed by atoms with Crippen LogP contribution >= 0.6 is 0 Å². The zero-order valence-corrected chi connectivity index (χ0v) is 11.9. The predicted octanol–water partition coefficient (Wildman–Crippen LogP) is 1.25. The molecule has 0 atom stereocenters. The highest BCUT2D eigenvalue weighted by molar-refractivity contribution is 5.77. The van der Waals surface area contributed by atoms with Gasteiger partial charge in [-0.3, -0.25) is 9.59 Å². The lowest BCUT2D eigenvalue weighted by atomic mass is 10.1. The van der Waals surface area contributed by atoms with Crippen LogP contribution in [0.2, 0.25) is 0 Å². The third-order valence-corrected chi connectivity index (χ3v) is 3.07. The molecule has 0 aliphatic heterocycles. The van der Waals surface area contributed by atoms with Gasteiger partial charge in [0, 0.05) is 25.6 Å². The van der Waals surface area contributed by atoms with Gasteiger partial charge in [0.15, 0.2) is 0 Å². The number of rotatable bonds is 6. The van der Waals surface area contributed by atoms with Crippen molar-refractivity contribution in [3.05, 3.63) is 17.0 Å². The first kappa shape index (κ1) is 15.2. The van der Waals surface area contributed by atoms with Crippen molar-refractivity contribution in [2.45, 2.75) is 33.1 Å². The zero-order chi connectivity index (χ0) is 14.4. The number of esters is 1. The van der Waals surface area contributed by atoms with Crippen molar-refractivity contribution in [1.82, 2.24) is 10.1 Å². The van der Waals surface area contributed by atoms with E-state index in [9.17, 15) is 9.59 Å². The Bertz CT molecular complexity index is 434. The molecule has 6 nitrogen and oxygen atoms in total. The Balaban J connectivity index is 2.41. The number of aromatic nitrogens is 1. The van der Waals surface area contributed by atoms with Gasteiger partial charge in [-0.2, -0.15) is 0 Å². The standard InChI is InChI=1S/C13H20N2O4/c1-9-11(10(2)19-14-9)5-6-12(16)15(3)8-7-13(17)18-4/h5-8H2,1-4H3. The third kappa shape index (κ3) is 4.39. The minimum absolute atomic E-state index is 0.0103. The lowest BCUT2D eigenvalue weighted by Crippen LogP contribution is -2.29. The largest absolute Gasteiger partial charge is 0.469 e. The molecule has 0 unspecified atom stereocenters. The van der Waals surface area contributed by atoms with Gasteiger partial charge in [0.25, 0.3) is 0 Å². The molecule has 1 amide bonds. The van der Waals surface area contributed by atoms with Gasteiger partial charge >= 0.3 is 5.97 Å². The monoisotopic (exact) mass is 268 g/mol. The van der Waals surface area contributed by atoms with Crippen LogP contribution in [0.25, 0.3) is 0 Å². The fourth-order valence-electron chi connectivity index (χ4n) is 1.77. The molecule has 0 aliphatic carbocycles. The second-order valence-electron chi connectivity index (χ2n) is 4.44. The highest BCUT2D eigenvalue weighted by atomic mass is 16.5. The van der Waals surface area contributed by atoms with Crippen LogP contribution in [-0.4, -0.2) is 42.6 Å². The van der Waals surface area contributed by atoms with Gasteiger partial charge in [-0.1, -0.05) is 5.16 Å². The van der Waals surface area contributed by atoms with Crippen LogP contribution in [0.4, 0.5) is 0 Å². The molecule has 0 bridgehead atoms. The van der Waals surface area contributed by atoms with Crippen LogP contribution in [0, 0.1) is 13.8 Å². The summed E-state index contributed by atoms with van der Waals surface area (Å²) in [5.74, 6) is 0.428. The van der Waals surface area contributed by atoms with Crippen LogP contribution < -0.4 is 0 Å². The highest BCUT2D eigenvalue weighted by Crippen LogP contribution is 2.14. The Hall–Kier alpha value is -1.85. The van der Waals surface area contributed by atoms with Crippen molar-refractivity contribution in [3.63, 3.8) is 0 Å². The Kier molecular flexibility index (Phi) is 5.54. The summed E-state index contributed by atoms with van der Waals surface area (Å²) in [7, 11) is 3.01. The van der Waals surface area contributed by atoms with Crippen molar-refractivity contribution < 1.29 is 18.8 Å². The molecule has 1 aromatic rings. The number of nitrogens with zero attached hydrogens (tertiary/aromatic N) is 2. The first-order valence-electron chi connectivity index (χ1n) is 6.18. The molecule has 0 aliphatic rings. The molecule has 1 heterocycles.